The Morgan fingerprint density at radius 2 is 1.82 bits per heavy atom. The molecule has 0 aliphatic carbocycles. The van der Waals surface area contributed by atoms with Gasteiger partial charge in [-0.1, -0.05) is 48.0 Å². The summed E-state index contributed by atoms with van der Waals surface area (Å²) in [5.74, 6) is 0.761. The highest BCUT2D eigenvalue weighted by Gasteiger charge is 2.19. The van der Waals surface area contributed by atoms with Crippen LogP contribution in [0.3, 0.4) is 0 Å². The molecular weight excluding hydrogens is 394 g/mol. The van der Waals surface area contributed by atoms with Crippen molar-refractivity contribution >= 4 is 39.0 Å². The van der Waals surface area contributed by atoms with Crippen LogP contribution in [-0.4, -0.2) is 14.7 Å². The molecule has 0 fully saturated rings. The first-order valence-corrected chi connectivity index (χ1v) is 11.0. The van der Waals surface area contributed by atoms with Crippen molar-refractivity contribution in [1.82, 2.24) is 0 Å². The third-order valence-electron chi connectivity index (χ3n) is 4.42. The molecule has 3 aromatic carbocycles. The minimum absolute atomic E-state index is 0.470. The molecule has 1 aliphatic heterocycles. The van der Waals surface area contributed by atoms with Crippen LogP contribution < -0.4 is 9.46 Å². The standard InChI is InChI=1S/C22H18ClNO3S/c1-28(25,26)24-18-7-4-5-15(11-18)12-20-19-8-3-2-6-16(19)14-27-22-10-9-17(23)13-21(20)22/h2-13,24H,14H2,1H3/b20-12+. The summed E-state index contributed by atoms with van der Waals surface area (Å²) in [7, 11) is -3.34. The lowest BCUT2D eigenvalue weighted by Gasteiger charge is -2.12. The molecule has 0 radical (unpaired) electrons. The quantitative estimate of drug-likeness (QED) is 0.645. The smallest absolute Gasteiger partial charge is 0.229 e. The summed E-state index contributed by atoms with van der Waals surface area (Å²) in [6.07, 6.45) is 3.16. The van der Waals surface area contributed by atoms with Gasteiger partial charge in [0, 0.05) is 16.3 Å². The number of rotatable bonds is 3. The van der Waals surface area contributed by atoms with Gasteiger partial charge in [0.15, 0.2) is 0 Å². The maximum atomic E-state index is 11.6. The molecule has 1 aliphatic rings. The number of sulfonamides is 1. The highest BCUT2D eigenvalue weighted by atomic mass is 35.5. The van der Waals surface area contributed by atoms with Gasteiger partial charge in [-0.05, 0) is 58.7 Å². The van der Waals surface area contributed by atoms with Crippen LogP contribution in [0.1, 0.15) is 22.3 Å². The number of benzene rings is 3. The Bertz CT molecular complexity index is 1190. The molecule has 4 rings (SSSR count). The summed E-state index contributed by atoms with van der Waals surface area (Å²) < 4.78 is 31.6. The molecule has 142 valence electrons. The number of ether oxygens (including phenoxy) is 1. The van der Waals surface area contributed by atoms with E-state index in [4.69, 9.17) is 16.3 Å². The first-order valence-electron chi connectivity index (χ1n) is 8.70. The van der Waals surface area contributed by atoms with Crippen molar-refractivity contribution in [2.24, 2.45) is 0 Å². The van der Waals surface area contributed by atoms with Crippen LogP contribution in [0.5, 0.6) is 5.75 Å². The normalized spacial score (nSPS) is 14.6. The van der Waals surface area contributed by atoms with Crippen molar-refractivity contribution in [3.63, 3.8) is 0 Å². The number of hydrogen-bond acceptors (Lipinski definition) is 3. The van der Waals surface area contributed by atoms with Crippen molar-refractivity contribution in [3.05, 3.63) is 94.0 Å². The van der Waals surface area contributed by atoms with Crippen molar-refractivity contribution in [2.75, 3.05) is 11.0 Å². The monoisotopic (exact) mass is 411 g/mol. The van der Waals surface area contributed by atoms with E-state index in [1.54, 1.807) is 12.1 Å². The molecule has 0 saturated carbocycles. The van der Waals surface area contributed by atoms with Gasteiger partial charge in [-0.3, -0.25) is 4.72 Å². The summed E-state index contributed by atoms with van der Waals surface area (Å²) >= 11 is 6.26. The fourth-order valence-electron chi connectivity index (χ4n) is 3.28. The molecule has 3 aromatic rings. The minimum atomic E-state index is -3.34. The SMILES string of the molecule is CS(=O)(=O)Nc1cccc(/C=C2\c3ccccc3COc3ccc(Cl)cc32)c1. The van der Waals surface area contributed by atoms with E-state index >= 15 is 0 Å². The van der Waals surface area contributed by atoms with E-state index in [0.717, 1.165) is 39.8 Å². The first-order chi connectivity index (χ1) is 13.4. The van der Waals surface area contributed by atoms with Gasteiger partial charge in [-0.25, -0.2) is 8.42 Å². The lowest BCUT2D eigenvalue weighted by Crippen LogP contribution is -2.09. The van der Waals surface area contributed by atoms with Crippen LogP contribution in [-0.2, 0) is 16.6 Å². The first kappa shape index (κ1) is 18.6. The van der Waals surface area contributed by atoms with Crippen LogP contribution in [0.15, 0.2) is 66.7 Å². The summed E-state index contributed by atoms with van der Waals surface area (Å²) in [4.78, 5) is 0. The van der Waals surface area contributed by atoms with Gasteiger partial charge >= 0.3 is 0 Å². The lowest BCUT2D eigenvalue weighted by molar-refractivity contribution is 0.307. The van der Waals surface area contributed by atoms with Crippen molar-refractivity contribution < 1.29 is 13.2 Å². The third kappa shape index (κ3) is 4.06. The molecule has 0 aromatic heterocycles. The zero-order chi connectivity index (χ0) is 19.7. The molecular formula is C22H18ClNO3S. The summed E-state index contributed by atoms with van der Waals surface area (Å²) in [5, 5.41) is 0.625. The van der Waals surface area contributed by atoms with Gasteiger partial charge in [0.25, 0.3) is 0 Å². The van der Waals surface area contributed by atoms with E-state index in [1.807, 2.05) is 54.6 Å². The maximum Gasteiger partial charge on any atom is 0.229 e. The van der Waals surface area contributed by atoms with Crippen LogP contribution in [0.2, 0.25) is 5.02 Å². The second-order valence-corrected chi connectivity index (χ2v) is 8.83. The highest BCUT2D eigenvalue weighted by molar-refractivity contribution is 7.92. The molecule has 28 heavy (non-hydrogen) atoms. The van der Waals surface area contributed by atoms with Gasteiger partial charge < -0.3 is 4.74 Å². The van der Waals surface area contributed by atoms with E-state index in [0.29, 0.717) is 17.3 Å². The second kappa shape index (κ2) is 7.34. The van der Waals surface area contributed by atoms with Crippen molar-refractivity contribution in [1.29, 1.82) is 0 Å². The Morgan fingerprint density at radius 1 is 1.00 bits per heavy atom. The summed E-state index contributed by atoms with van der Waals surface area (Å²) in [6, 6.07) is 20.9. The molecule has 0 saturated heterocycles. The Kier molecular flexibility index (Phi) is 4.87. The van der Waals surface area contributed by atoms with Gasteiger partial charge in [0.1, 0.15) is 12.4 Å². The third-order valence-corrected chi connectivity index (χ3v) is 5.26. The predicted octanol–water partition coefficient (Wildman–Crippen LogP) is 5.19. The van der Waals surface area contributed by atoms with Crippen molar-refractivity contribution in [2.45, 2.75) is 6.61 Å². The fourth-order valence-corrected chi connectivity index (χ4v) is 4.00. The van der Waals surface area contributed by atoms with Crippen LogP contribution in [0.25, 0.3) is 11.6 Å². The Hall–Kier alpha value is -2.76. The fraction of sp³-hybridized carbons (Fsp3) is 0.0909. The number of hydrogen-bond donors (Lipinski definition) is 1. The average molecular weight is 412 g/mol. The van der Waals surface area contributed by atoms with E-state index in [9.17, 15) is 8.42 Å². The molecule has 0 unspecified atom stereocenters. The van der Waals surface area contributed by atoms with Crippen LogP contribution in [0, 0.1) is 0 Å². The average Bonchev–Trinajstić information content (AvgIpc) is 2.78. The molecule has 4 nitrogen and oxygen atoms in total. The van der Waals surface area contributed by atoms with Crippen LogP contribution >= 0.6 is 11.6 Å². The number of fused-ring (bicyclic) bond motifs is 2. The van der Waals surface area contributed by atoms with E-state index in [-0.39, 0.29) is 0 Å². The predicted molar refractivity (Wildman–Crippen MR) is 114 cm³/mol. The largest absolute Gasteiger partial charge is 0.488 e. The molecule has 6 heteroatoms. The van der Waals surface area contributed by atoms with E-state index in [2.05, 4.69) is 10.8 Å². The molecule has 0 spiro atoms. The zero-order valence-corrected chi connectivity index (χ0v) is 16.7. The van der Waals surface area contributed by atoms with E-state index < -0.39 is 10.0 Å². The van der Waals surface area contributed by atoms with Crippen molar-refractivity contribution in [3.8, 4) is 5.75 Å². The summed E-state index contributed by atoms with van der Waals surface area (Å²) in [6.45, 7) is 0.470. The van der Waals surface area contributed by atoms with Gasteiger partial charge in [-0.2, -0.15) is 0 Å². The van der Waals surface area contributed by atoms with Gasteiger partial charge in [0.05, 0.1) is 6.26 Å². The lowest BCUT2D eigenvalue weighted by atomic mass is 9.92. The maximum absolute atomic E-state index is 11.6. The summed E-state index contributed by atoms with van der Waals surface area (Å²) in [5.41, 5.74) is 5.39. The molecule has 0 amide bonds. The highest BCUT2D eigenvalue weighted by Crippen LogP contribution is 2.39. The Labute approximate surface area is 169 Å². The minimum Gasteiger partial charge on any atom is -0.488 e. The zero-order valence-electron chi connectivity index (χ0n) is 15.1. The number of halogens is 1. The Morgan fingerprint density at radius 3 is 2.64 bits per heavy atom. The van der Waals surface area contributed by atoms with Crippen LogP contribution in [0.4, 0.5) is 5.69 Å². The Balaban J connectivity index is 1.89. The second-order valence-electron chi connectivity index (χ2n) is 6.64. The molecule has 1 N–H and O–H groups in total. The van der Waals surface area contributed by atoms with Gasteiger partial charge in [-0.15, -0.1) is 0 Å². The molecule has 0 atom stereocenters. The van der Waals surface area contributed by atoms with Gasteiger partial charge in [0.2, 0.25) is 10.0 Å². The van der Waals surface area contributed by atoms with E-state index in [1.165, 1.54) is 0 Å². The molecule has 1 heterocycles. The number of anilines is 1. The number of nitrogens with one attached hydrogen (secondary N) is 1. The topological polar surface area (TPSA) is 55.4 Å². The molecule has 0 bridgehead atoms.